The van der Waals surface area contributed by atoms with Gasteiger partial charge in [0, 0.05) is 38.1 Å². The molecule has 0 spiro atoms. The molecule has 0 atom stereocenters. The summed E-state index contributed by atoms with van der Waals surface area (Å²) < 4.78 is 32.6. The molecule has 1 saturated heterocycles. The minimum absolute atomic E-state index is 0.0280. The maximum absolute atomic E-state index is 12.9. The smallest absolute Gasteiger partial charge is 0.243 e. The third kappa shape index (κ3) is 5.33. The van der Waals surface area contributed by atoms with E-state index in [1.54, 1.807) is 49.4 Å². The molecule has 30 heavy (non-hydrogen) atoms. The minimum Gasteiger partial charge on any atom is -0.496 e. The first-order valence-electron chi connectivity index (χ1n) is 9.97. The molecule has 162 valence electrons. The third-order valence-corrected chi connectivity index (χ3v) is 7.47. The van der Waals surface area contributed by atoms with Gasteiger partial charge in [0.1, 0.15) is 5.75 Å². The number of benzene rings is 2. The second-order valence-corrected chi connectivity index (χ2v) is 9.84. The number of carbonyl (C=O) groups excluding carboxylic acids is 1. The van der Waals surface area contributed by atoms with E-state index in [0.29, 0.717) is 42.4 Å². The molecule has 1 fully saturated rings. The number of hydrogen-bond donors (Lipinski definition) is 0. The lowest BCUT2D eigenvalue weighted by molar-refractivity contribution is -0.130. The van der Waals surface area contributed by atoms with Crippen molar-refractivity contribution in [2.45, 2.75) is 37.1 Å². The molecule has 0 N–H and O–H groups in total. The summed E-state index contributed by atoms with van der Waals surface area (Å²) in [6.45, 7) is 1.59. The van der Waals surface area contributed by atoms with Gasteiger partial charge < -0.3 is 9.64 Å². The number of amides is 1. The van der Waals surface area contributed by atoms with Crippen LogP contribution in [0.25, 0.3) is 0 Å². The van der Waals surface area contributed by atoms with Crippen molar-refractivity contribution in [3.63, 3.8) is 0 Å². The monoisotopic (exact) mass is 450 g/mol. The van der Waals surface area contributed by atoms with Gasteiger partial charge in [0.25, 0.3) is 0 Å². The van der Waals surface area contributed by atoms with Gasteiger partial charge in [0.05, 0.1) is 12.0 Å². The molecule has 0 bridgehead atoms. The quantitative estimate of drug-likeness (QED) is 0.614. The highest BCUT2D eigenvalue weighted by molar-refractivity contribution is 7.89. The van der Waals surface area contributed by atoms with Crippen LogP contribution in [0.15, 0.2) is 47.4 Å². The molecule has 2 aromatic carbocycles. The second kappa shape index (κ2) is 9.81. The van der Waals surface area contributed by atoms with E-state index in [-0.39, 0.29) is 17.2 Å². The van der Waals surface area contributed by atoms with Gasteiger partial charge in [-0.1, -0.05) is 23.7 Å². The predicted molar refractivity (Wildman–Crippen MR) is 117 cm³/mol. The molecule has 3 rings (SSSR count). The van der Waals surface area contributed by atoms with Gasteiger partial charge in [-0.15, -0.1) is 0 Å². The normalized spacial score (nSPS) is 14.6. The van der Waals surface area contributed by atoms with E-state index in [0.717, 1.165) is 18.4 Å². The Hall–Kier alpha value is -2.09. The fraction of sp³-hybridized carbons (Fsp3) is 0.409. The number of ether oxygens (including phenoxy) is 1. The fourth-order valence-corrected chi connectivity index (χ4v) is 5.27. The average Bonchev–Trinajstić information content (AvgIpc) is 3.29. The molecular formula is C22H27ClN2O4S. The number of carbonyl (C=O) groups is 1. The number of sulfonamides is 1. The second-order valence-electron chi connectivity index (χ2n) is 7.46. The summed E-state index contributed by atoms with van der Waals surface area (Å²) >= 11 is 5.90. The Morgan fingerprint density at radius 3 is 2.43 bits per heavy atom. The molecule has 1 aliphatic heterocycles. The van der Waals surface area contributed by atoms with E-state index < -0.39 is 10.0 Å². The summed E-state index contributed by atoms with van der Waals surface area (Å²) in [4.78, 5) is 14.5. The van der Waals surface area contributed by atoms with E-state index in [1.165, 1.54) is 4.31 Å². The van der Waals surface area contributed by atoms with Crippen molar-refractivity contribution in [3.8, 4) is 5.75 Å². The lowest BCUT2D eigenvalue weighted by Gasteiger charge is -2.19. The highest BCUT2D eigenvalue weighted by atomic mass is 35.5. The van der Waals surface area contributed by atoms with Gasteiger partial charge in [-0.3, -0.25) is 4.79 Å². The molecule has 1 heterocycles. The molecule has 0 aromatic heterocycles. The molecule has 0 saturated carbocycles. The predicted octanol–water partition coefficient (Wildman–Crippen LogP) is 3.72. The molecule has 6 nitrogen and oxygen atoms in total. The van der Waals surface area contributed by atoms with Crippen LogP contribution in [0.1, 0.15) is 30.4 Å². The van der Waals surface area contributed by atoms with Crippen molar-refractivity contribution in [2.75, 3.05) is 27.2 Å². The van der Waals surface area contributed by atoms with Gasteiger partial charge in [0.15, 0.2) is 0 Å². The van der Waals surface area contributed by atoms with Gasteiger partial charge in [0.2, 0.25) is 15.9 Å². The summed E-state index contributed by atoms with van der Waals surface area (Å²) in [6, 6.07) is 12.3. The Morgan fingerprint density at radius 2 is 1.80 bits per heavy atom. The first kappa shape index (κ1) is 22.6. The van der Waals surface area contributed by atoms with E-state index in [9.17, 15) is 13.2 Å². The average molecular weight is 451 g/mol. The Labute approximate surface area is 183 Å². The SMILES string of the molecule is COc1ccc(S(=O)(=O)N2CCCC2)cc1CCC(=O)N(C)Cc1ccc(Cl)cc1. The highest BCUT2D eigenvalue weighted by Crippen LogP contribution is 2.27. The van der Waals surface area contributed by atoms with Crippen molar-refractivity contribution in [3.05, 3.63) is 58.6 Å². The van der Waals surface area contributed by atoms with Crippen molar-refractivity contribution in [1.29, 1.82) is 0 Å². The first-order valence-corrected chi connectivity index (χ1v) is 11.8. The highest BCUT2D eigenvalue weighted by Gasteiger charge is 2.27. The molecule has 1 aliphatic rings. The summed E-state index contributed by atoms with van der Waals surface area (Å²) in [6.07, 6.45) is 2.43. The van der Waals surface area contributed by atoms with E-state index in [2.05, 4.69) is 0 Å². The number of methoxy groups -OCH3 is 1. The standard InChI is InChI=1S/C22H27ClN2O4S/c1-24(16-17-5-8-19(23)9-6-17)22(26)12-7-18-15-20(10-11-21(18)29-2)30(27,28)25-13-3-4-14-25/h5-6,8-11,15H,3-4,7,12-14,16H2,1-2H3. The number of halogens is 1. The van der Waals surface area contributed by atoms with Gasteiger partial charge in [-0.05, 0) is 60.7 Å². The Bertz CT molecular complexity index is 987. The lowest BCUT2D eigenvalue weighted by atomic mass is 10.1. The summed E-state index contributed by atoms with van der Waals surface area (Å²) in [5, 5.41) is 0.656. The van der Waals surface area contributed by atoms with Crippen LogP contribution in [0.3, 0.4) is 0 Å². The van der Waals surface area contributed by atoms with Gasteiger partial charge in [-0.25, -0.2) is 8.42 Å². The van der Waals surface area contributed by atoms with E-state index in [4.69, 9.17) is 16.3 Å². The molecule has 1 amide bonds. The van der Waals surface area contributed by atoms with Crippen LogP contribution in [0, 0.1) is 0 Å². The van der Waals surface area contributed by atoms with Crippen LogP contribution >= 0.6 is 11.6 Å². The summed E-state index contributed by atoms with van der Waals surface area (Å²) in [5.74, 6) is 0.559. The number of hydrogen-bond acceptors (Lipinski definition) is 4. The first-order chi connectivity index (χ1) is 14.3. The number of nitrogens with zero attached hydrogens (tertiary/aromatic N) is 2. The zero-order valence-electron chi connectivity index (χ0n) is 17.3. The van der Waals surface area contributed by atoms with Crippen molar-refractivity contribution in [2.24, 2.45) is 0 Å². The van der Waals surface area contributed by atoms with Crippen LogP contribution in [-0.2, 0) is 27.8 Å². The van der Waals surface area contributed by atoms with Gasteiger partial charge >= 0.3 is 0 Å². The number of aryl methyl sites for hydroxylation is 1. The Kier molecular flexibility index (Phi) is 7.39. The largest absolute Gasteiger partial charge is 0.496 e. The lowest BCUT2D eigenvalue weighted by Crippen LogP contribution is -2.28. The Morgan fingerprint density at radius 1 is 1.13 bits per heavy atom. The number of rotatable bonds is 8. The van der Waals surface area contributed by atoms with Crippen molar-refractivity contribution < 1.29 is 17.9 Å². The van der Waals surface area contributed by atoms with E-state index >= 15 is 0 Å². The zero-order chi connectivity index (χ0) is 21.7. The molecule has 0 aliphatic carbocycles. The maximum Gasteiger partial charge on any atom is 0.243 e. The molecular weight excluding hydrogens is 424 g/mol. The van der Waals surface area contributed by atoms with Crippen LogP contribution in [0.2, 0.25) is 5.02 Å². The molecule has 8 heteroatoms. The summed E-state index contributed by atoms with van der Waals surface area (Å²) in [7, 11) is -0.218. The summed E-state index contributed by atoms with van der Waals surface area (Å²) in [5.41, 5.74) is 1.71. The van der Waals surface area contributed by atoms with Crippen molar-refractivity contribution >= 4 is 27.5 Å². The van der Waals surface area contributed by atoms with Crippen LogP contribution < -0.4 is 4.74 Å². The van der Waals surface area contributed by atoms with Crippen LogP contribution in [0.4, 0.5) is 0 Å². The molecule has 2 aromatic rings. The van der Waals surface area contributed by atoms with Crippen LogP contribution in [0.5, 0.6) is 5.75 Å². The van der Waals surface area contributed by atoms with E-state index in [1.807, 2.05) is 12.1 Å². The van der Waals surface area contributed by atoms with Gasteiger partial charge in [-0.2, -0.15) is 4.31 Å². The maximum atomic E-state index is 12.9. The van der Waals surface area contributed by atoms with Crippen LogP contribution in [-0.4, -0.2) is 50.8 Å². The molecule has 0 unspecified atom stereocenters. The zero-order valence-corrected chi connectivity index (χ0v) is 18.9. The molecule has 0 radical (unpaired) electrons. The topological polar surface area (TPSA) is 66.9 Å². The van der Waals surface area contributed by atoms with Crippen molar-refractivity contribution in [1.82, 2.24) is 9.21 Å². The Balaban J connectivity index is 1.69. The minimum atomic E-state index is -3.51. The fourth-order valence-electron chi connectivity index (χ4n) is 3.57. The third-order valence-electron chi connectivity index (χ3n) is 5.32.